The van der Waals surface area contributed by atoms with Crippen LogP contribution in [0, 0.1) is 22.7 Å². The lowest BCUT2D eigenvalue weighted by Gasteiger charge is -1.98. The van der Waals surface area contributed by atoms with E-state index in [1.807, 2.05) is 13.8 Å². The first kappa shape index (κ1) is 12.6. The molecule has 0 amide bonds. The maximum absolute atomic E-state index is 11.4. The van der Waals surface area contributed by atoms with Crippen molar-refractivity contribution < 1.29 is 12.9 Å². The molecular weight excluding hydrogens is 266 g/mol. The van der Waals surface area contributed by atoms with Crippen molar-refractivity contribution in [2.75, 3.05) is 11.5 Å². The first-order valence-electron chi connectivity index (χ1n) is 6.29. The van der Waals surface area contributed by atoms with E-state index in [2.05, 4.69) is 16.2 Å². The molecule has 19 heavy (non-hydrogen) atoms. The average Bonchev–Trinajstić information content (AvgIpc) is 2.75. The van der Waals surface area contributed by atoms with E-state index in [-0.39, 0.29) is 34.7 Å². The molecule has 1 saturated heterocycles. The Morgan fingerprint density at radius 1 is 1.47 bits per heavy atom. The monoisotopic (exact) mass is 281 g/mol. The largest absolute Gasteiger partial charge is 0.339 e. The van der Waals surface area contributed by atoms with Gasteiger partial charge < -0.3 is 4.52 Å². The standard InChI is InChI=1S/C12H15N3O3S/c1-12(2)8(5-13)9(12)11-14-10(15-18-11)7-3-4-19(16,17)6-7/h7-9H,3-4,6H2,1-2H3. The minimum atomic E-state index is -2.95. The molecule has 2 heterocycles. The van der Waals surface area contributed by atoms with Crippen molar-refractivity contribution >= 4 is 9.84 Å². The fraction of sp³-hybridized carbons (Fsp3) is 0.750. The second-order valence-electron chi connectivity index (χ2n) is 6.00. The van der Waals surface area contributed by atoms with Gasteiger partial charge in [-0.1, -0.05) is 19.0 Å². The van der Waals surface area contributed by atoms with Crippen molar-refractivity contribution in [3.63, 3.8) is 0 Å². The normalized spacial score (nSPS) is 34.9. The van der Waals surface area contributed by atoms with E-state index >= 15 is 0 Å². The lowest BCUT2D eigenvalue weighted by atomic mass is 10.1. The minimum Gasteiger partial charge on any atom is -0.339 e. The van der Waals surface area contributed by atoms with Crippen molar-refractivity contribution in [3.05, 3.63) is 11.7 Å². The predicted molar refractivity (Wildman–Crippen MR) is 65.9 cm³/mol. The minimum absolute atomic E-state index is 0.0308. The van der Waals surface area contributed by atoms with Crippen LogP contribution >= 0.6 is 0 Å². The summed E-state index contributed by atoms with van der Waals surface area (Å²) in [6, 6.07) is 2.25. The number of sulfone groups is 1. The second-order valence-corrected chi connectivity index (χ2v) is 8.23. The molecule has 1 aromatic rings. The van der Waals surface area contributed by atoms with Gasteiger partial charge in [0.15, 0.2) is 15.7 Å². The van der Waals surface area contributed by atoms with Crippen LogP contribution in [0.25, 0.3) is 0 Å². The Morgan fingerprint density at radius 3 is 2.74 bits per heavy atom. The van der Waals surface area contributed by atoms with Crippen LogP contribution in [-0.4, -0.2) is 30.1 Å². The third-order valence-corrected chi connectivity index (χ3v) is 6.06. The molecule has 1 aromatic heterocycles. The molecule has 102 valence electrons. The van der Waals surface area contributed by atoms with Crippen LogP contribution in [0.15, 0.2) is 4.52 Å². The zero-order chi connectivity index (χ0) is 13.8. The summed E-state index contributed by atoms with van der Waals surface area (Å²) in [7, 11) is -2.95. The number of hydrogen-bond donors (Lipinski definition) is 0. The Hall–Kier alpha value is -1.42. The molecule has 2 aliphatic rings. The first-order chi connectivity index (χ1) is 8.85. The molecule has 0 aromatic carbocycles. The van der Waals surface area contributed by atoms with Crippen LogP contribution in [0.2, 0.25) is 0 Å². The van der Waals surface area contributed by atoms with Gasteiger partial charge in [-0.05, 0) is 11.8 Å². The van der Waals surface area contributed by atoms with Crippen LogP contribution in [0.4, 0.5) is 0 Å². The summed E-state index contributed by atoms with van der Waals surface area (Å²) in [5, 5.41) is 12.9. The van der Waals surface area contributed by atoms with Gasteiger partial charge in [0.2, 0.25) is 5.89 Å². The van der Waals surface area contributed by atoms with Crippen LogP contribution < -0.4 is 0 Å². The number of nitrogens with zero attached hydrogens (tertiary/aromatic N) is 3. The summed E-state index contributed by atoms with van der Waals surface area (Å²) >= 11 is 0. The van der Waals surface area contributed by atoms with E-state index in [4.69, 9.17) is 9.78 Å². The summed E-state index contributed by atoms with van der Waals surface area (Å²) in [5.74, 6) is 0.931. The molecule has 0 spiro atoms. The maximum Gasteiger partial charge on any atom is 0.231 e. The topological polar surface area (TPSA) is 96.8 Å². The fourth-order valence-corrected chi connectivity index (χ4v) is 4.62. The van der Waals surface area contributed by atoms with Crippen molar-refractivity contribution in [2.24, 2.45) is 11.3 Å². The number of aromatic nitrogens is 2. The van der Waals surface area contributed by atoms with Gasteiger partial charge in [0, 0.05) is 5.92 Å². The van der Waals surface area contributed by atoms with Gasteiger partial charge in [-0.2, -0.15) is 10.2 Å². The molecule has 2 fully saturated rings. The highest BCUT2D eigenvalue weighted by Crippen LogP contribution is 2.63. The van der Waals surface area contributed by atoms with Gasteiger partial charge in [0.1, 0.15) is 0 Å². The highest BCUT2D eigenvalue weighted by atomic mass is 32.2. The molecule has 0 radical (unpaired) electrons. The first-order valence-corrected chi connectivity index (χ1v) is 8.11. The van der Waals surface area contributed by atoms with Crippen LogP contribution in [0.5, 0.6) is 0 Å². The zero-order valence-corrected chi connectivity index (χ0v) is 11.6. The SMILES string of the molecule is CC1(C)C(C#N)C1c1nc(C2CCS(=O)(=O)C2)no1. The summed E-state index contributed by atoms with van der Waals surface area (Å²) in [6.45, 7) is 3.99. The van der Waals surface area contributed by atoms with Crippen molar-refractivity contribution in [1.29, 1.82) is 5.26 Å². The molecule has 1 aliphatic carbocycles. The Bertz CT molecular complexity index is 656. The van der Waals surface area contributed by atoms with Crippen LogP contribution in [0.1, 0.15) is 43.8 Å². The van der Waals surface area contributed by atoms with Gasteiger partial charge in [-0.15, -0.1) is 0 Å². The molecule has 3 atom stereocenters. The van der Waals surface area contributed by atoms with E-state index in [0.717, 1.165) is 0 Å². The Labute approximate surface area is 111 Å². The summed E-state index contributed by atoms with van der Waals surface area (Å²) in [6.07, 6.45) is 0.553. The quantitative estimate of drug-likeness (QED) is 0.809. The van der Waals surface area contributed by atoms with Crippen molar-refractivity contribution in [1.82, 2.24) is 10.1 Å². The predicted octanol–water partition coefficient (Wildman–Crippen LogP) is 1.23. The molecule has 3 rings (SSSR count). The van der Waals surface area contributed by atoms with Gasteiger partial charge in [-0.3, -0.25) is 0 Å². The molecule has 6 nitrogen and oxygen atoms in total. The molecule has 0 bridgehead atoms. The van der Waals surface area contributed by atoms with Gasteiger partial charge in [0.05, 0.1) is 29.4 Å². The van der Waals surface area contributed by atoms with E-state index in [1.165, 1.54) is 0 Å². The Morgan fingerprint density at radius 2 is 2.21 bits per heavy atom. The lowest BCUT2D eigenvalue weighted by molar-refractivity contribution is 0.361. The van der Waals surface area contributed by atoms with Gasteiger partial charge in [-0.25, -0.2) is 8.42 Å². The van der Waals surface area contributed by atoms with Crippen molar-refractivity contribution in [3.8, 4) is 6.07 Å². The highest BCUT2D eigenvalue weighted by molar-refractivity contribution is 7.91. The summed E-state index contributed by atoms with van der Waals surface area (Å²) in [5.41, 5.74) is -0.139. The molecule has 3 unspecified atom stereocenters. The smallest absolute Gasteiger partial charge is 0.231 e. The Kier molecular flexibility index (Phi) is 2.52. The molecule has 1 saturated carbocycles. The van der Waals surface area contributed by atoms with E-state index in [9.17, 15) is 8.42 Å². The third kappa shape index (κ3) is 1.94. The molecule has 7 heteroatoms. The third-order valence-electron chi connectivity index (χ3n) is 4.29. The number of hydrogen-bond acceptors (Lipinski definition) is 6. The second kappa shape index (κ2) is 3.79. The van der Waals surface area contributed by atoms with E-state index < -0.39 is 9.84 Å². The Balaban J connectivity index is 1.81. The van der Waals surface area contributed by atoms with Crippen molar-refractivity contribution in [2.45, 2.75) is 32.1 Å². The van der Waals surface area contributed by atoms with Gasteiger partial charge >= 0.3 is 0 Å². The fourth-order valence-electron chi connectivity index (χ4n) is 2.88. The zero-order valence-electron chi connectivity index (χ0n) is 10.8. The number of rotatable bonds is 2. The van der Waals surface area contributed by atoms with Crippen LogP contribution in [-0.2, 0) is 9.84 Å². The lowest BCUT2D eigenvalue weighted by Crippen LogP contribution is -2.05. The molecule has 1 aliphatic heterocycles. The molecule has 0 N–H and O–H groups in total. The highest BCUT2D eigenvalue weighted by Gasteiger charge is 2.62. The molecular formula is C12H15N3O3S. The van der Waals surface area contributed by atoms with E-state index in [1.54, 1.807) is 0 Å². The van der Waals surface area contributed by atoms with E-state index in [0.29, 0.717) is 18.1 Å². The summed E-state index contributed by atoms with van der Waals surface area (Å²) in [4.78, 5) is 4.32. The average molecular weight is 281 g/mol. The summed E-state index contributed by atoms with van der Waals surface area (Å²) < 4.78 is 28.1. The van der Waals surface area contributed by atoms with Gasteiger partial charge in [0.25, 0.3) is 0 Å². The maximum atomic E-state index is 11.4. The number of nitriles is 1. The van der Waals surface area contributed by atoms with Crippen LogP contribution in [0.3, 0.4) is 0 Å².